The van der Waals surface area contributed by atoms with Gasteiger partial charge in [0.15, 0.2) is 0 Å². The number of nitrogens with zero attached hydrogens (tertiary/aromatic N) is 1. The van der Waals surface area contributed by atoms with Crippen LogP contribution in [-0.2, 0) is 0 Å². The first-order valence-electron chi connectivity index (χ1n) is 3.12. The summed E-state index contributed by atoms with van der Waals surface area (Å²) in [6.07, 6.45) is 1.16. The number of aliphatic imine (C=N–C) groups is 1. The molecule has 0 fully saturated rings. The summed E-state index contributed by atoms with van der Waals surface area (Å²) >= 11 is 0. The molecule has 0 heterocycles. The van der Waals surface area contributed by atoms with Gasteiger partial charge < -0.3 is 0 Å². The van der Waals surface area contributed by atoms with Crippen molar-refractivity contribution < 1.29 is 8.78 Å². The molecule has 1 aromatic carbocycles. The summed E-state index contributed by atoms with van der Waals surface area (Å²) in [6.45, 7) is 0. The van der Waals surface area contributed by atoms with E-state index in [1.54, 1.807) is 0 Å². The lowest BCUT2D eigenvalue weighted by Crippen LogP contribution is -1.92. The van der Waals surface area contributed by atoms with E-state index < -0.39 is 11.6 Å². The van der Waals surface area contributed by atoms with Gasteiger partial charge in [-0.1, -0.05) is 6.07 Å². The highest BCUT2D eigenvalue weighted by molar-refractivity contribution is 5.80. The van der Waals surface area contributed by atoms with E-state index in [9.17, 15) is 8.78 Å². The normalized spacial score (nSPS) is 10.8. The van der Waals surface area contributed by atoms with Crippen molar-refractivity contribution in [1.82, 2.24) is 0 Å². The molecule has 1 rings (SSSR count). The van der Waals surface area contributed by atoms with Gasteiger partial charge in [0.05, 0.1) is 5.56 Å². The molecule has 0 aromatic heterocycles. The minimum absolute atomic E-state index is 0.0880. The molecule has 0 aliphatic carbocycles. The summed E-state index contributed by atoms with van der Waals surface area (Å²) < 4.78 is 25.4. The highest BCUT2D eigenvalue weighted by atomic mass is 19.1. The topological polar surface area (TPSA) is 12.4 Å². The second-order valence-corrected chi connectivity index (χ2v) is 2.02. The molecule has 0 saturated carbocycles. The molecule has 0 unspecified atom stereocenters. The first-order chi connectivity index (χ1) is 5.25. The van der Waals surface area contributed by atoms with Gasteiger partial charge >= 0.3 is 0 Å². The Morgan fingerprint density at radius 1 is 1.27 bits per heavy atom. The van der Waals surface area contributed by atoms with Crippen LogP contribution in [0.25, 0.3) is 0 Å². The van der Waals surface area contributed by atoms with Gasteiger partial charge in [0, 0.05) is 13.3 Å². The molecule has 3 heteroatoms. The lowest BCUT2D eigenvalue weighted by atomic mass is 10.2. The summed E-state index contributed by atoms with van der Waals surface area (Å²) in [5, 5.41) is 0. The maximum absolute atomic E-state index is 12.7. The third-order valence-corrected chi connectivity index (χ3v) is 1.26. The van der Waals surface area contributed by atoms with Crippen molar-refractivity contribution >= 4 is 6.21 Å². The molecule has 1 aromatic rings. The van der Waals surface area contributed by atoms with Crippen LogP contribution in [0.1, 0.15) is 5.56 Å². The van der Waals surface area contributed by atoms with Gasteiger partial charge in [-0.2, -0.15) is 0 Å². The summed E-state index contributed by atoms with van der Waals surface area (Å²) in [5.41, 5.74) is -0.0880. The Morgan fingerprint density at radius 2 is 1.82 bits per heavy atom. The molecule has 0 radical (unpaired) electrons. The Hall–Kier alpha value is -1.25. The number of hydrogen-bond acceptors (Lipinski definition) is 1. The fraction of sp³-hybridized carbons (Fsp3) is 0.125. The Labute approximate surface area is 63.4 Å². The maximum atomic E-state index is 12.7. The van der Waals surface area contributed by atoms with Gasteiger partial charge in [-0.25, -0.2) is 8.78 Å². The zero-order chi connectivity index (χ0) is 8.27. The summed E-state index contributed by atoms with van der Waals surface area (Å²) in [7, 11) is 1.46. The third-order valence-electron chi connectivity index (χ3n) is 1.26. The molecule has 11 heavy (non-hydrogen) atoms. The molecule has 0 bridgehead atoms. The van der Waals surface area contributed by atoms with Crippen LogP contribution in [0.5, 0.6) is 0 Å². The van der Waals surface area contributed by atoms with Crippen LogP contribution in [-0.4, -0.2) is 13.3 Å². The van der Waals surface area contributed by atoms with Gasteiger partial charge in [-0.15, -0.1) is 0 Å². The minimum atomic E-state index is -0.587. The second-order valence-electron chi connectivity index (χ2n) is 2.02. The predicted molar refractivity (Wildman–Crippen MR) is 39.9 cm³/mol. The van der Waals surface area contributed by atoms with E-state index in [0.29, 0.717) is 0 Å². The standard InChI is InChI=1S/C8H7F2N/c1-11-5-6-7(9)3-2-4-8(6)10/h2-5H,1H3/b11-5-. The molecular formula is C8H7F2N. The fourth-order valence-corrected chi connectivity index (χ4v) is 0.763. The third kappa shape index (κ3) is 1.61. The fourth-order valence-electron chi connectivity index (χ4n) is 0.763. The van der Waals surface area contributed by atoms with Crippen molar-refractivity contribution in [3.05, 3.63) is 35.4 Å². The van der Waals surface area contributed by atoms with Crippen molar-refractivity contribution in [2.75, 3.05) is 7.05 Å². The van der Waals surface area contributed by atoms with Crippen LogP contribution in [0.15, 0.2) is 23.2 Å². The summed E-state index contributed by atoms with van der Waals surface area (Å²) in [6, 6.07) is 3.71. The number of rotatable bonds is 1. The van der Waals surface area contributed by atoms with Gasteiger partial charge in [-0.3, -0.25) is 4.99 Å². The van der Waals surface area contributed by atoms with Crippen molar-refractivity contribution in [2.45, 2.75) is 0 Å². The molecule has 0 atom stereocenters. The van der Waals surface area contributed by atoms with Gasteiger partial charge in [0.1, 0.15) is 11.6 Å². The first-order valence-corrected chi connectivity index (χ1v) is 3.12. The van der Waals surface area contributed by atoms with E-state index in [1.807, 2.05) is 0 Å². The van der Waals surface area contributed by atoms with Crippen LogP contribution in [0.2, 0.25) is 0 Å². The molecule has 0 saturated heterocycles. The van der Waals surface area contributed by atoms with E-state index in [1.165, 1.54) is 25.2 Å². The smallest absolute Gasteiger partial charge is 0.134 e. The van der Waals surface area contributed by atoms with Crippen molar-refractivity contribution in [2.24, 2.45) is 4.99 Å². The average molecular weight is 155 g/mol. The number of halogens is 2. The molecule has 0 aliphatic rings. The Bertz CT molecular complexity index is 261. The quantitative estimate of drug-likeness (QED) is 0.550. The zero-order valence-electron chi connectivity index (χ0n) is 6.01. The van der Waals surface area contributed by atoms with Crippen LogP contribution < -0.4 is 0 Å². The molecule has 0 spiro atoms. The van der Waals surface area contributed by atoms with Gasteiger partial charge in [-0.05, 0) is 12.1 Å². The minimum Gasteiger partial charge on any atom is -0.296 e. The van der Waals surface area contributed by atoms with E-state index in [-0.39, 0.29) is 5.56 Å². The van der Waals surface area contributed by atoms with E-state index in [0.717, 1.165) is 6.21 Å². The van der Waals surface area contributed by atoms with E-state index >= 15 is 0 Å². The molecule has 0 aliphatic heterocycles. The lowest BCUT2D eigenvalue weighted by molar-refractivity contribution is 0.580. The van der Waals surface area contributed by atoms with Crippen LogP contribution in [0, 0.1) is 11.6 Å². The van der Waals surface area contributed by atoms with Gasteiger partial charge in [0.25, 0.3) is 0 Å². The Balaban J connectivity index is 3.20. The maximum Gasteiger partial charge on any atom is 0.134 e. The molecule has 58 valence electrons. The zero-order valence-corrected chi connectivity index (χ0v) is 6.01. The highest BCUT2D eigenvalue weighted by Crippen LogP contribution is 2.08. The predicted octanol–water partition coefficient (Wildman–Crippen LogP) is 2.01. The first kappa shape index (κ1) is 7.85. The van der Waals surface area contributed by atoms with E-state index in [4.69, 9.17) is 0 Å². The summed E-state index contributed by atoms with van der Waals surface area (Å²) in [4.78, 5) is 3.52. The van der Waals surface area contributed by atoms with Crippen LogP contribution >= 0.6 is 0 Å². The molecular weight excluding hydrogens is 148 g/mol. The average Bonchev–Trinajstić information content (AvgIpc) is 1.97. The number of hydrogen-bond donors (Lipinski definition) is 0. The summed E-state index contributed by atoms with van der Waals surface area (Å²) in [5.74, 6) is -1.17. The Kier molecular flexibility index (Phi) is 2.31. The van der Waals surface area contributed by atoms with Crippen molar-refractivity contribution in [1.29, 1.82) is 0 Å². The van der Waals surface area contributed by atoms with Crippen LogP contribution in [0.4, 0.5) is 8.78 Å². The van der Waals surface area contributed by atoms with Crippen molar-refractivity contribution in [3.8, 4) is 0 Å². The monoisotopic (exact) mass is 155 g/mol. The second kappa shape index (κ2) is 3.23. The molecule has 1 nitrogen and oxygen atoms in total. The van der Waals surface area contributed by atoms with Gasteiger partial charge in [0.2, 0.25) is 0 Å². The Morgan fingerprint density at radius 3 is 2.27 bits per heavy atom. The lowest BCUT2D eigenvalue weighted by Gasteiger charge is -1.95. The van der Waals surface area contributed by atoms with E-state index in [2.05, 4.69) is 4.99 Å². The molecule has 0 amide bonds. The SMILES string of the molecule is C/N=C\c1c(F)cccc1F. The largest absolute Gasteiger partial charge is 0.296 e. The van der Waals surface area contributed by atoms with Crippen molar-refractivity contribution in [3.63, 3.8) is 0 Å². The molecule has 0 N–H and O–H groups in total. The number of benzene rings is 1. The highest BCUT2D eigenvalue weighted by Gasteiger charge is 2.03. The van der Waals surface area contributed by atoms with Crippen LogP contribution in [0.3, 0.4) is 0 Å².